The van der Waals surface area contributed by atoms with Gasteiger partial charge in [0.1, 0.15) is 0 Å². The summed E-state index contributed by atoms with van der Waals surface area (Å²) in [6.07, 6.45) is -0.381. The Morgan fingerprint density at radius 1 is 1.07 bits per heavy atom. The minimum atomic E-state index is -1.07. The Hall–Kier alpha value is -2.13. The van der Waals surface area contributed by atoms with E-state index in [0.29, 0.717) is 6.54 Å². The maximum atomic E-state index is 12.7. The van der Waals surface area contributed by atoms with E-state index in [2.05, 4.69) is 17.6 Å². The quantitative estimate of drug-likeness (QED) is 0.301. The molecule has 0 aliphatic rings. The molecule has 8 heteroatoms. The summed E-state index contributed by atoms with van der Waals surface area (Å²) >= 11 is 0. The number of amides is 1. The van der Waals surface area contributed by atoms with Gasteiger partial charge in [-0.05, 0) is 31.4 Å². The van der Waals surface area contributed by atoms with Gasteiger partial charge in [0.2, 0.25) is 5.91 Å². The molecule has 0 aromatic heterocycles. The number of Topliss-reactive ketones (excluding diaryl/α,β-unsaturated/α-hetero) is 2. The number of hydrogen-bond acceptors (Lipinski definition) is 7. The number of nitrogens with two attached hydrogens (primary N) is 2. The topological polar surface area (TPSA) is 148 Å². The summed E-state index contributed by atoms with van der Waals surface area (Å²) in [5.74, 6) is -2.12. The van der Waals surface area contributed by atoms with Crippen LogP contribution in [-0.4, -0.2) is 53.9 Å². The Bertz CT molecular complexity index is 693. The van der Waals surface area contributed by atoms with Crippen LogP contribution in [0.3, 0.4) is 0 Å². The number of benzene rings is 1. The average molecular weight is 407 g/mol. The predicted molar refractivity (Wildman–Crippen MR) is 112 cm³/mol. The van der Waals surface area contributed by atoms with E-state index in [9.17, 15) is 19.5 Å². The molecular formula is C21H34N4O4. The van der Waals surface area contributed by atoms with Gasteiger partial charge in [-0.1, -0.05) is 31.2 Å². The first-order valence-corrected chi connectivity index (χ1v) is 9.96. The summed E-state index contributed by atoms with van der Waals surface area (Å²) in [5.41, 5.74) is 13.5. The fraction of sp³-hybridized carbons (Fsp3) is 0.571. The molecule has 1 rings (SSSR count). The molecule has 0 fully saturated rings. The fourth-order valence-electron chi connectivity index (χ4n) is 3.08. The zero-order chi connectivity index (χ0) is 22.0. The minimum Gasteiger partial charge on any atom is -0.393 e. The summed E-state index contributed by atoms with van der Waals surface area (Å²) in [7, 11) is 0. The van der Waals surface area contributed by atoms with Gasteiger partial charge in [-0.15, -0.1) is 0 Å². The standard InChI is InChI=1S/C21H34N4O4/c1-4-15-7-5-6-8-16(15)12-24-19(11-23)20(28)9-17(13(2)26)21(29)25-18(10-22)14(3)27/h5-8,13,17-19,24,26H,4,9-12,22-23H2,1-3H3,(H,25,29)/t13-,17-,18-,19-/m0/s1. The number of rotatable bonds is 13. The Balaban J connectivity index is 2.78. The molecule has 0 aliphatic heterocycles. The van der Waals surface area contributed by atoms with Crippen molar-refractivity contribution in [2.24, 2.45) is 17.4 Å². The van der Waals surface area contributed by atoms with Crippen LogP contribution in [-0.2, 0) is 27.3 Å². The van der Waals surface area contributed by atoms with Gasteiger partial charge in [0.05, 0.1) is 24.1 Å². The second-order valence-electron chi connectivity index (χ2n) is 7.22. The van der Waals surface area contributed by atoms with Crippen molar-refractivity contribution >= 4 is 17.5 Å². The molecular weight excluding hydrogens is 372 g/mol. The van der Waals surface area contributed by atoms with E-state index in [1.807, 2.05) is 24.3 Å². The molecule has 4 atom stereocenters. The molecule has 0 radical (unpaired) electrons. The Morgan fingerprint density at radius 2 is 1.66 bits per heavy atom. The highest BCUT2D eigenvalue weighted by molar-refractivity contribution is 5.92. The summed E-state index contributed by atoms with van der Waals surface area (Å²) in [4.78, 5) is 36.7. The van der Waals surface area contributed by atoms with Crippen molar-refractivity contribution in [3.63, 3.8) is 0 Å². The van der Waals surface area contributed by atoms with Gasteiger partial charge in [0, 0.05) is 26.1 Å². The number of carbonyl (C=O) groups excluding carboxylic acids is 3. The first-order chi connectivity index (χ1) is 13.7. The molecule has 1 aromatic carbocycles. The van der Waals surface area contributed by atoms with E-state index in [1.54, 1.807) is 0 Å². The highest BCUT2D eigenvalue weighted by atomic mass is 16.3. The van der Waals surface area contributed by atoms with Crippen LogP contribution in [0.4, 0.5) is 0 Å². The molecule has 7 N–H and O–H groups in total. The molecule has 1 aromatic rings. The number of aliphatic hydroxyl groups is 1. The Kier molecular flexibility index (Phi) is 10.7. The number of ketones is 2. The van der Waals surface area contributed by atoms with Crippen LogP contribution in [0.5, 0.6) is 0 Å². The highest BCUT2D eigenvalue weighted by Crippen LogP contribution is 2.13. The van der Waals surface area contributed by atoms with E-state index in [-0.39, 0.29) is 31.1 Å². The minimum absolute atomic E-state index is 0.0502. The SMILES string of the molecule is CCc1ccccc1CN[C@@H](CN)C(=O)C[C@H](C(=O)N[C@@H](CN)C(C)=O)[C@H](C)O. The zero-order valence-electron chi connectivity index (χ0n) is 17.5. The van der Waals surface area contributed by atoms with Gasteiger partial charge in [-0.2, -0.15) is 0 Å². The van der Waals surface area contributed by atoms with Crippen molar-refractivity contribution in [1.29, 1.82) is 0 Å². The number of aryl methyl sites for hydroxylation is 1. The van der Waals surface area contributed by atoms with E-state index in [1.165, 1.54) is 19.4 Å². The lowest BCUT2D eigenvalue weighted by Crippen LogP contribution is -2.50. The molecule has 29 heavy (non-hydrogen) atoms. The second-order valence-corrected chi connectivity index (χ2v) is 7.22. The zero-order valence-corrected chi connectivity index (χ0v) is 17.5. The monoisotopic (exact) mass is 406 g/mol. The maximum Gasteiger partial charge on any atom is 0.226 e. The van der Waals surface area contributed by atoms with Crippen LogP contribution in [0, 0.1) is 5.92 Å². The third-order valence-corrected chi connectivity index (χ3v) is 5.05. The van der Waals surface area contributed by atoms with Crippen LogP contribution in [0.15, 0.2) is 24.3 Å². The van der Waals surface area contributed by atoms with E-state index in [4.69, 9.17) is 11.5 Å². The molecule has 162 valence electrons. The van der Waals surface area contributed by atoms with Gasteiger partial charge >= 0.3 is 0 Å². The van der Waals surface area contributed by atoms with Gasteiger partial charge < -0.3 is 27.2 Å². The van der Waals surface area contributed by atoms with Crippen molar-refractivity contribution in [2.45, 2.75) is 58.3 Å². The highest BCUT2D eigenvalue weighted by Gasteiger charge is 2.31. The van der Waals surface area contributed by atoms with Gasteiger partial charge in [-0.3, -0.25) is 14.4 Å². The molecule has 0 spiro atoms. The van der Waals surface area contributed by atoms with E-state index < -0.39 is 30.0 Å². The second kappa shape index (κ2) is 12.4. The maximum absolute atomic E-state index is 12.7. The lowest BCUT2D eigenvalue weighted by Gasteiger charge is -2.24. The molecule has 0 heterocycles. The fourth-order valence-corrected chi connectivity index (χ4v) is 3.08. The van der Waals surface area contributed by atoms with Crippen LogP contribution in [0.2, 0.25) is 0 Å². The Labute approximate surface area is 172 Å². The lowest BCUT2D eigenvalue weighted by atomic mass is 9.92. The first kappa shape index (κ1) is 24.9. The average Bonchev–Trinajstić information content (AvgIpc) is 2.70. The molecule has 1 amide bonds. The first-order valence-electron chi connectivity index (χ1n) is 9.96. The number of aliphatic hydroxyl groups excluding tert-OH is 1. The summed E-state index contributed by atoms with van der Waals surface area (Å²) in [5, 5.41) is 15.7. The third-order valence-electron chi connectivity index (χ3n) is 5.05. The molecule has 0 saturated carbocycles. The molecule has 0 aliphatic carbocycles. The van der Waals surface area contributed by atoms with Crippen LogP contribution in [0.25, 0.3) is 0 Å². The summed E-state index contributed by atoms with van der Waals surface area (Å²) < 4.78 is 0. The molecule has 0 saturated heterocycles. The number of carbonyl (C=O) groups is 3. The van der Waals surface area contributed by atoms with Crippen LogP contribution >= 0.6 is 0 Å². The van der Waals surface area contributed by atoms with Crippen molar-refractivity contribution in [2.75, 3.05) is 13.1 Å². The van der Waals surface area contributed by atoms with E-state index in [0.717, 1.165) is 12.0 Å². The van der Waals surface area contributed by atoms with Crippen molar-refractivity contribution in [3.8, 4) is 0 Å². The van der Waals surface area contributed by atoms with Crippen LogP contribution in [0.1, 0.15) is 38.3 Å². The predicted octanol–water partition coefficient (Wildman–Crippen LogP) is -0.345. The number of nitrogens with one attached hydrogen (secondary N) is 2. The van der Waals surface area contributed by atoms with Gasteiger partial charge in [0.25, 0.3) is 0 Å². The van der Waals surface area contributed by atoms with Crippen molar-refractivity contribution in [3.05, 3.63) is 35.4 Å². The number of hydrogen-bond donors (Lipinski definition) is 5. The smallest absolute Gasteiger partial charge is 0.226 e. The summed E-state index contributed by atoms with van der Waals surface area (Å²) in [6, 6.07) is 6.44. The van der Waals surface area contributed by atoms with Crippen molar-refractivity contribution in [1.82, 2.24) is 10.6 Å². The molecule has 0 bridgehead atoms. The van der Waals surface area contributed by atoms with Crippen molar-refractivity contribution < 1.29 is 19.5 Å². The lowest BCUT2D eigenvalue weighted by molar-refractivity contribution is -0.135. The van der Waals surface area contributed by atoms with Gasteiger partial charge in [-0.25, -0.2) is 0 Å². The summed E-state index contributed by atoms with van der Waals surface area (Å²) in [6.45, 7) is 5.31. The third kappa shape index (κ3) is 7.66. The normalized spacial score (nSPS) is 15.2. The largest absolute Gasteiger partial charge is 0.393 e. The van der Waals surface area contributed by atoms with Crippen LogP contribution < -0.4 is 22.1 Å². The Morgan fingerprint density at radius 3 is 2.14 bits per heavy atom. The molecule has 0 unspecified atom stereocenters. The van der Waals surface area contributed by atoms with E-state index >= 15 is 0 Å². The van der Waals surface area contributed by atoms with Gasteiger partial charge in [0.15, 0.2) is 11.6 Å². The molecule has 8 nitrogen and oxygen atoms in total.